The molecule has 1 aromatic rings. The first-order valence-corrected chi connectivity index (χ1v) is 9.46. The number of piperidine rings is 1. The minimum absolute atomic E-state index is 0.0201. The summed E-state index contributed by atoms with van der Waals surface area (Å²) in [7, 11) is 0. The van der Waals surface area contributed by atoms with Crippen LogP contribution >= 0.6 is 11.3 Å². The number of aromatic nitrogens is 2. The number of nitrogens with zero attached hydrogens (tertiary/aromatic N) is 3. The molecule has 24 heavy (non-hydrogen) atoms. The Morgan fingerprint density at radius 3 is 2.71 bits per heavy atom. The van der Waals surface area contributed by atoms with Gasteiger partial charge in [0.25, 0.3) is 0 Å². The third-order valence-electron chi connectivity index (χ3n) is 5.70. The van der Waals surface area contributed by atoms with Crippen LogP contribution in [0.25, 0.3) is 0 Å². The third kappa shape index (κ3) is 2.71. The molecule has 0 aromatic carbocycles. The molecule has 0 aliphatic carbocycles. The van der Waals surface area contributed by atoms with Gasteiger partial charge in [0.2, 0.25) is 16.9 Å². The van der Waals surface area contributed by atoms with E-state index in [1.165, 1.54) is 11.3 Å². The van der Waals surface area contributed by atoms with E-state index < -0.39 is 0 Å². The summed E-state index contributed by atoms with van der Waals surface area (Å²) in [4.78, 5) is 27.2. The number of carbonyl (C=O) groups excluding carboxylic acids is 2. The maximum absolute atomic E-state index is 13.0. The molecular weight excluding hydrogens is 328 g/mol. The Labute approximate surface area is 144 Å². The summed E-state index contributed by atoms with van der Waals surface area (Å²) < 4.78 is 5.89. The standard InChI is InChI=1S/C16H22N4O3S/c1-16(8-11-2-3-12(16)23-11)14(22)20-6-4-10(5-7-20)13(21)18-15-19-17-9-24-15/h9-12H,2-8H2,1H3,(H,18,19,21)/t11-,12+,16+/m1/s1. The number of nitrogens with one attached hydrogen (secondary N) is 1. The molecule has 1 N–H and O–H groups in total. The van der Waals surface area contributed by atoms with Gasteiger partial charge in [-0.2, -0.15) is 0 Å². The molecule has 2 amide bonds. The molecule has 0 radical (unpaired) electrons. The summed E-state index contributed by atoms with van der Waals surface area (Å²) in [6.45, 7) is 3.33. The zero-order valence-corrected chi connectivity index (χ0v) is 14.6. The van der Waals surface area contributed by atoms with Gasteiger partial charge in [-0.05, 0) is 39.0 Å². The predicted molar refractivity (Wildman–Crippen MR) is 88.5 cm³/mol. The second kappa shape index (κ2) is 6.07. The first kappa shape index (κ1) is 16.0. The molecule has 0 saturated carbocycles. The molecule has 7 nitrogen and oxygen atoms in total. The molecule has 4 rings (SSSR count). The number of hydrogen-bond acceptors (Lipinski definition) is 6. The van der Waals surface area contributed by atoms with Crippen LogP contribution in [0.2, 0.25) is 0 Å². The quantitative estimate of drug-likeness (QED) is 0.896. The van der Waals surface area contributed by atoms with Crippen LogP contribution in [-0.2, 0) is 14.3 Å². The summed E-state index contributed by atoms with van der Waals surface area (Å²) in [5.74, 6) is 0.119. The van der Waals surface area contributed by atoms with Gasteiger partial charge in [-0.25, -0.2) is 0 Å². The van der Waals surface area contributed by atoms with Crippen molar-refractivity contribution in [3.05, 3.63) is 5.51 Å². The van der Waals surface area contributed by atoms with Crippen molar-refractivity contribution in [1.82, 2.24) is 15.1 Å². The molecule has 0 spiro atoms. The highest BCUT2D eigenvalue weighted by molar-refractivity contribution is 7.13. The number of rotatable bonds is 3. The van der Waals surface area contributed by atoms with E-state index in [-0.39, 0.29) is 35.4 Å². The topological polar surface area (TPSA) is 84.4 Å². The maximum atomic E-state index is 13.0. The molecule has 130 valence electrons. The van der Waals surface area contributed by atoms with Crippen molar-refractivity contribution in [1.29, 1.82) is 0 Å². The Balaban J connectivity index is 1.33. The molecule has 3 atom stereocenters. The van der Waals surface area contributed by atoms with Gasteiger partial charge in [0, 0.05) is 19.0 Å². The number of anilines is 1. The van der Waals surface area contributed by atoms with E-state index in [0.29, 0.717) is 31.1 Å². The van der Waals surface area contributed by atoms with Crippen LogP contribution in [0.3, 0.4) is 0 Å². The average Bonchev–Trinajstić information content (AvgIpc) is 3.32. The highest BCUT2D eigenvalue weighted by atomic mass is 32.1. The van der Waals surface area contributed by atoms with E-state index in [1.807, 2.05) is 11.8 Å². The molecule has 1 aromatic heterocycles. The SMILES string of the molecule is C[C@]1(C(=O)N2CCC(C(=O)Nc3nncs3)CC2)C[C@H]2CC[C@@H]1O2. The largest absolute Gasteiger partial charge is 0.374 e. The Morgan fingerprint density at radius 1 is 1.33 bits per heavy atom. The van der Waals surface area contributed by atoms with E-state index in [1.54, 1.807) is 5.51 Å². The summed E-state index contributed by atoms with van der Waals surface area (Å²) >= 11 is 1.31. The molecule has 4 heterocycles. The average molecular weight is 350 g/mol. The Morgan fingerprint density at radius 2 is 2.12 bits per heavy atom. The Bertz CT molecular complexity index is 629. The van der Waals surface area contributed by atoms with E-state index in [2.05, 4.69) is 15.5 Å². The fourth-order valence-electron chi connectivity index (χ4n) is 4.29. The summed E-state index contributed by atoms with van der Waals surface area (Å²) in [5.41, 5.74) is 1.22. The number of hydrogen-bond donors (Lipinski definition) is 1. The number of ether oxygens (including phenoxy) is 1. The van der Waals surface area contributed by atoms with E-state index in [4.69, 9.17) is 4.74 Å². The fraction of sp³-hybridized carbons (Fsp3) is 0.750. The van der Waals surface area contributed by atoms with Gasteiger partial charge in [0.15, 0.2) is 0 Å². The first-order chi connectivity index (χ1) is 11.6. The van der Waals surface area contributed by atoms with Gasteiger partial charge in [-0.15, -0.1) is 10.2 Å². The molecule has 3 aliphatic heterocycles. The highest BCUT2D eigenvalue weighted by Gasteiger charge is 2.55. The van der Waals surface area contributed by atoms with Gasteiger partial charge in [-0.1, -0.05) is 11.3 Å². The normalized spacial score (nSPS) is 33.0. The highest BCUT2D eigenvalue weighted by Crippen LogP contribution is 2.48. The van der Waals surface area contributed by atoms with Crippen LogP contribution in [0.15, 0.2) is 5.51 Å². The van der Waals surface area contributed by atoms with Gasteiger partial charge in [-0.3, -0.25) is 9.59 Å². The predicted octanol–water partition coefficient (Wildman–Crippen LogP) is 1.67. The van der Waals surface area contributed by atoms with Crippen LogP contribution in [0, 0.1) is 11.3 Å². The van der Waals surface area contributed by atoms with Gasteiger partial charge in [0.1, 0.15) is 5.51 Å². The van der Waals surface area contributed by atoms with Gasteiger partial charge >= 0.3 is 0 Å². The molecule has 2 bridgehead atoms. The lowest BCUT2D eigenvalue weighted by molar-refractivity contribution is -0.146. The molecular formula is C16H22N4O3S. The smallest absolute Gasteiger partial charge is 0.231 e. The van der Waals surface area contributed by atoms with Gasteiger partial charge in [0.05, 0.1) is 17.6 Å². The second-order valence-electron chi connectivity index (χ2n) is 7.25. The number of fused-ring (bicyclic) bond motifs is 2. The lowest BCUT2D eigenvalue weighted by Crippen LogP contribution is -2.50. The van der Waals surface area contributed by atoms with E-state index >= 15 is 0 Å². The summed E-state index contributed by atoms with van der Waals surface area (Å²) in [6.07, 6.45) is 4.65. The Kier molecular flexibility index (Phi) is 4.04. The second-order valence-corrected chi connectivity index (χ2v) is 8.08. The lowest BCUT2D eigenvalue weighted by Gasteiger charge is -2.38. The monoisotopic (exact) mass is 350 g/mol. The van der Waals surface area contributed by atoms with Gasteiger partial charge < -0.3 is 15.0 Å². The van der Waals surface area contributed by atoms with Crippen molar-refractivity contribution in [3.63, 3.8) is 0 Å². The first-order valence-electron chi connectivity index (χ1n) is 8.58. The molecule has 0 unspecified atom stereocenters. The third-order valence-corrected chi connectivity index (χ3v) is 6.31. The van der Waals surface area contributed by atoms with Crippen LogP contribution in [0.1, 0.15) is 39.0 Å². The fourth-order valence-corrected chi connectivity index (χ4v) is 4.74. The van der Waals surface area contributed by atoms with Crippen LogP contribution in [0.4, 0.5) is 5.13 Å². The minimum Gasteiger partial charge on any atom is -0.374 e. The zero-order valence-electron chi connectivity index (χ0n) is 13.7. The molecule has 3 aliphatic rings. The number of carbonyl (C=O) groups is 2. The lowest BCUT2D eigenvalue weighted by atomic mass is 9.74. The summed E-state index contributed by atoms with van der Waals surface area (Å²) in [6, 6.07) is 0. The van der Waals surface area contributed by atoms with Crippen LogP contribution < -0.4 is 5.32 Å². The van der Waals surface area contributed by atoms with Crippen molar-refractivity contribution in [2.45, 2.75) is 51.2 Å². The van der Waals surface area contributed by atoms with Crippen molar-refractivity contribution in [2.24, 2.45) is 11.3 Å². The maximum Gasteiger partial charge on any atom is 0.231 e. The van der Waals surface area contributed by atoms with E-state index in [9.17, 15) is 9.59 Å². The molecule has 8 heteroatoms. The Hall–Kier alpha value is -1.54. The van der Waals surface area contributed by atoms with Crippen LogP contribution in [-0.4, -0.2) is 52.2 Å². The van der Waals surface area contributed by atoms with Crippen molar-refractivity contribution < 1.29 is 14.3 Å². The molecule has 3 fully saturated rings. The number of likely N-dealkylation sites (tertiary alicyclic amines) is 1. The van der Waals surface area contributed by atoms with Crippen molar-refractivity contribution in [2.75, 3.05) is 18.4 Å². The molecule has 3 saturated heterocycles. The minimum atomic E-state index is -0.370. The van der Waals surface area contributed by atoms with Crippen LogP contribution in [0.5, 0.6) is 0 Å². The van der Waals surface area contributed by atoms with Crippen molar-refractivity contribution in [3.8, 4) is 0 Å². The zero-order chi connectivity index (χ0) is 16.7. The van der Waals surface area contributed by atoms with E-state index in [0.717, 1.165) is 19.3 Å². The number of amides is 2. The summed E-state index contributed by atoms with van der Waals surface area (Å²) in [5, 5.41) is 10.9. The van der Waals surface area contributed by atoms with Crippen molar-refractivity contribution >= 4 is 28.3 Å².